The van der Waals surface area contributed by atoms with Gasteiger partial charge in [-0.05, 0) is 30.7 Å². The molecule has 0 atom stereocenters. The SMILES string of the molecule is Cc1cc(-c2c(OS(C)(=O)=O)c3cc(Cl)ccc3n(Cc3ccccc3)c2=O)on1. The van der Waals surface area contributed by atoms with E-state index in [1.54, 1.807) is 31.2 Å². The fourth-order valence-corrected chi connectivity index (χ4v) is 3.91. The number of nitrogens with zero attached hydrogens (tertiary/aromatic N) is 2. The lowest BCUT2D eigenvalue weighted by Crippen LogP contribution is -2.24. The fourth-order valence-electron chi connectivity index (χ4n) is 3.26. The van der Waals surface area contributed by atoms with Crippen LogP contribution < -0.4 is 9.74 Å². The minimum atomic E-state index is -3.95. The number of fused-ring (bicyclic) bond motifs is 1. The molecule has 0 saturated heterocycles. The molecule has 0 amide bonds. The molecule has 9 heteroatoms. The zero-order valence-corrected chi connectivity index (χ0v) is 17.7. The second kappa shape index (κ2) is 7.62. The van der Waals surface area contributed by atoms with Gasteiger partial charge < -0.3 is 13.3 Å². The Morgan fingerprint density at radius 2 is 1.87 bits per heavy atom. The molecule has 0 saturated carbocycles. The normalized spacial score (nSPS) is 11.7. The van der Waals surface area contributed by atoms with Crippen LogP contribution >= 0.6 is 11.6 Å². The number of benzene rings is 2. The Kier molecular flexibility index (Phi) is 5.13. The van der Waals surface area contributed by atoms with E-state index in [0.717, 1.165) is 11.8 Å². The highest BCUT2D eigenvalue weighted by Gasteiger charge is 2.25. The zero-order chi connectivity index (χ0) is 21.5. The molecule has 2 aromatic carbocycles. The summed E-state index contributed by atoms with van der Waals surface area (Å²) in [6, 6.07) is 15.8. The summed E-state index contributed by atoms with van der Waals surface area (Å²) in [5.74, 6) is -0.0275. The number of pyridine rings is 1. The van der Waals surface area contributed by atoms with E-state index in [9.17, 15) is 13.2 Å². The molecule has 0 aliphatic rings. The number of rotatable bonds is 5. The van der Waals surface area contributed by atoms with Crippen LogP contribution in [-0.2, 0) is 16.7 Å². The van der Waals surface area contributed by atoms with Crippen molar-refractivity contribution in [2.24, 2.45) is 0 Å². The molecule has 7 nitrogen and oxygen atoms in total. The average Bonchev–Trinajstić information content (AvgIpc) is 3.10. The Morgan fingerprint density at radius 3 is 2.50 bits per heavy atom. The van der Waals surface area contributed by atoms with E-state index in [0.29, 0.717) is 21.6 Å². The highest BCUT2D eigenvalue weighted by Crippen LogP contribution is 2.36. The third-order valence-corrected chi connectivity index (χ3v) is 5.18. The van der Waals surface area contributed by atoms with Gasteiger partial charge in [-0.2, -0.15) is 8.42 Å². The third kappa shape index (κ3) is 3.96. The van der Waals surface area contributed by atoms with Gasteiger partial charge in [-0.25, -0.2) is 0 Å². The average molecular weight is 445 g/mol. The molecule has 0 N–H and O–H groups in total. The first-order chi connectivity index (χ1) is 14.2. The van der Waals surface area contributed by atoms with Crippen LogP contribution in [0.25, 0.3) is 22.2 Å². The van der Waals surface area contributed by atoms with Gasteiger partial charge in [-0.1, -0.05) is 47.1 Å². The Hall–Kier alpha value is -3.10. The Labute approximate surface area is 177 Å². The first-order valence-corrected chi connectivity index (χ1v) is 11.2. The van der Waals surface area contributed by atoms with Gasteiger partial charge in [0.1, 0.15) is 5.56 Å². The number of aryl methyl sites for hydroxylation is 1. The molecular formula is C21H17ClN2O5S. The summed E-state index contributed by atoms with van der Waals surface area (Å²) in [4.78, 5) is 13.6. The molecule has 0 aliphatic heterocycles. The summed E-state index contributed by atoms with van der Waals surface area (Å²) in [6.07, 6.45) is 0.911. The van der Waals surface area contributed by atoms with Gasteiger partial charge in [0.05, 0.1) is 24.0 Å². The molecule has 2 heterocycles. The molecular weight excluding hydrogens is 428 g/mol. The van der Waals surface area contributed by atoms with Gasteiger partial charge in [0, 0.05) is 16.5 Å². The van der Waals surface area contributed by atoms with E-state index in [-0.39, 0.29) is 23.6 Å². The quantitative estimate of drug-likeness (QED) is 0.432. The van der Waals surface area contributed by atoms with Gasteiger partial charge in [0.25, 0.3) is 5.56 Å². The first kappa shape index (κ1) is 20.2. The lowest BCUT2D eigenvalue weighted by Gasteiger charge is -2.17. The van der Waals surface area contributed by atoms with Crippen molar-refractivity contribution in [2.75, 3.05) is 6.26 Å². The Bertz CT molecular complexity index is 1410. The molecule has 0 unspecified atom stereocenters. The molecule has 0 spiro atoms. The summed E-state index contributed by atoms with van der Waals surface area (Å²) in [6.45, 7) is 1.96. The monoisotopic (exact) mass is 444 g/mol. The molecule has 2 aromatic heterocycles. The third-order valence-electron chi connectivity index (χ3n) is 4.47. The minimum Gasteiger partial charge on any atom is -0.381 e. The maximum absolute atomic E-state index is 13.6. The van der Waals surface area contributed by atoms with Crippen LogP contribution in [0.2, 0.25) is 5.02 Å². The summed E-state index contributed by atoms with van der Waals surface area (Å²) in [5.41, 5.74) is 1.41. The zero-order valence-electron chi connectivity index (χ0n) is 16.1. The predicted molar refractivity (Wildman–Crippen MR) is 114 cm³/mol. The largest absolute Gasteiger partial charge is 0.381 e. The second-order valence-corrected chi connectivity index (χ2v) is 8.87. The van der Waals surface area contributed by atoms with Crippen LogP contribution in [0.1, 0.15) is 11.3 Å². The van der Waals surface area contributed by atoms with E-state index in [1.807, 2.05) is 30.3 Å². The van der Waals surface area contributed by atoms with E-state index in [2.05, 4.69) is 5.16 Å². The van der Waals surface area contributed by atoms with Crippen LogP contribution in [0, 0.1) is 6.92 Å². The van der Waals surface area contributed by atoms with Gasteiger partial charge in [-0.15, -0.1) is 0 Å². The molecule has 0 aliphatic carbocycles. The van der Waals surface area contributed by atoms with Gasteiger partial charge in [0.15, 0.2) is 11.5 Å². The summed E-state index contributed by atoms with van der Waals surface area (Å²) >= 11 is 6.19. The summed E-state index contributed by atoms with van der Waals surface area (Å²) in [7, 11) is -3.95. The standard InChI is InChI=1S/C21H17ClN2O5S/c1-13-10-18(28-23-13)19-20(29-30(2,26)27)16-11-15(22)8-9-17(16)24(21(19)25)12-14-6-4-3-5-7-14/h3-11H,12H2,1-2H3. The summed E-state index contributed by atoms with van der Waals surface area (Å²) in [5, 5.41) is 4.56. The van der Waals surface area contributed by atoms with Crippen molar-refractivity contribution >= 4 is 32.6 Å². The van der Waals surface area contributed by atoms with Crippen LogP contribution in [0.3, 0.4) is 0 Å². The van der Waals surface area contributed by atoms with Gasteiger partial charge >= 0.3 is 10.1 Å². The lowest BCUT2D eigenvalue weighted by molar-refractivity contribution is 0.424. The van der Waals surface area contributed by atoms with Crippen molar-refractivity contribution in [3.8, 4) is 17.1 Å². The van der Waals surface area contributed by atoms with Gasteiger partial charge in [0.2, 0.25) is 0 Å². The molecule has 30 heavy (non-hydrogen) atoms. The Morgan fingerprint density at radius 1 is 1.13 bits per heavy atom. The number of hydrogen-bond acceptors (Lipinski definition) is 6. The van der Waals surface area contributed by atoms with Crippen LogP contribution in [0.15, 0.2) is 63.9 Å². The molecule has 4 rings (SSSR count). The van der Waals surface area contributed by atoms with Crippen molar-refractivity contribution in [1.29, 1.82) is 0 Å². The van der Waals surface area contributed by atoms with Crippen molar-refractivity contribution < 1.29 is 17.1 Å². The topological polar surface area (TPSA) is 91.4 Å². The van der Waals surface area contributed by atoms with E-state index >= 15 is 0 Å². The maximum Gasteiger partial charge on any atom is 0.306 e. The number of halogens is 1. The molecule has 154 valence electrons. The Balaban J connectivity index is 2.11. The summed E-state index contributed by atoms with van der Waals surface area (Å²) < 4.78 is 36.1. The highest BCUT2D eigenvalue weighted by molar-refractivity contribution is 7.86. The number of aromatic nitrogens is 2. The number of hydrogen-bond donors (Lipinski definition) is 0. The van der Waals surface area contributed by atoms with Crippen LogP contribution in [0.5, 0.6) is 5.75 Å². The smallest absolute Gasteiger partial charge is 0.306 e. The fraction of sp³-hybridized carbons (Fsp3) is 0.143. The molecule has 0 fully saturated rings. The minimum absolute atomic E-state index is 0.0354. The molecule has 4 aromatic rings. The van der Waals surface area contributed by atoms with Crippen molar-refractivity contribution in [3.05, 3.63) is 81.2 Å². The van der Waals surface area contributed by atoms with Crippen LogP contribution in [-0.4, -0.2) is 24.4 Å². The predicted octanol–water partition coefficient (Wildman–Crippen LogP) is 4.01. The lowest BCUT2D eigenvalue weighted by atomic mass is 10.1. The second-order valence-electron chi connectivity index (χ2n) is 6.86. The van der Waals surface area contributed by atoms with E-state index < -0.39 is 15.7 Å². The van der Waals surface area contributed by atoms with E-state index in [1.165, 1.54) is 4.57 Å². The molecule has 0 radical (unpaired) electrons. The van der Waals surface area contributed by atoms with Gasteiger partial charge in [-0.3, -0.25) is 4.79 Å². The maximum atomic E-state index is 13.6. The van der Waals surface area contributed by atoms with Crippen molar-refractivity contribution in [3.63, 3.8) is 0 Å². The van der Waals surface area contributed by atoms with E-state index in [4.69, 9.17) is 20.3 Å². The first-order valence-electron chi connectivity index (χ1n) is 8.96. The highest BCUT2D eigenvalue weighted by atomic mass is 35.5. The van der Waals surface area contributed by atoms with Crippen LogP contribution in [0.4, 0.5) is 0 Å². The van der Waals surface area contributed by atoms with Crippen molar-refractivity contribution in [2.45, 2.75) is 13.5 Å². The molecule has 0 bridgehead atoms. The van der Waals surface area contributed by atoms with Crippen molar-refractivity contribution in [1.82, 2.24) is 9.72 Å².